The molecular weight excluding hydrogens is 343 g/mol. The zero-order valence-corrected chi connectivity index (χ0v) is 12.8. The molecule has 0 saturated heterocycles. The molecule has 112 valence electrons. The number of hydrogen-bond acceptors (Lipinski definition) is 1. The normalized spacial score (nSPS) is 13.2. The smallest absolute Gasteiger partial charge is 0.324 e. The minimum absolute atomic E-state index is 0.443. The highest BCUT2D eigenvalue weighted by Gasteiger charge is 2.31. The first-order valence-corrected chi connectivity index (χ1v) is 7.33. The van der Waals surface area contributed by atoms with Crippen molar-refractivity contribution in [1.82, 2.24) is 0 Å². The Labute approximate surface area is 130 Å². The number of rotatable bonds is 4. The van der Waals surface area contributed by atoms with E-state index in [4.69, 9.17) is 5.73 Å². The van der Waals surface area contributed by atoms with Gasteiger partial charge in [0.1, 0.15) is 0 Å². The van der Waals surface area contributed by atoms with E-state index >= 15 is 0 Å². The molecule has 0 aromatic heterocycles. The second-order valence-corrected chi connectivity index (χ2v) is 5.72. The van der Waals surface area contributed by atoms with Gasteiger partial charge in [-0.15, -0.1) is 0 Å². The van der Waals surface area contributed by atoms with Gasteiger partial charge in [0.25, 0.3) is 0 Å². The Hall–Kier alpha value is -1.33. The van der Waals surface area contributed by atoms with Crippen LogP contribution in [0.15, 0.2) is 53.0 Å². The van der Waals surface area contributed by atoms with Crippen LogP contribution in [0, 0.1) is 0 Å². The topological polar surface area (TPSA) is 26.0 Å². The summed E-state index contributed by atoms with van der Waals surface area (Å²) in [5.41, 5.74) is 7.00. The number of nitrogens with two attached hydrogens (primary N) is 1. The molecule has 0 heterocycles. The van der Waals surface area contributed by atoms with Crippen LogP contribution in [0.2, 0.25) is 0 Å². The van der Waals surface area contributed by atoms with Gasteiger partial charge in [-0.1, -0.05) is 46.3 Å². The van der Waals surface area contributed by atoms with Gasteiger partial charge in [-0.3, -0.25) is 0 Å². The number of alkyl halides is 3. The van der Waals surface area contributed by atoms with Crippen LogP contribution in [-0.2, 0) is 12.6 Å². The van der Waals surface area contributed by atoms with Crippen molar-refractivity contribution in [3.63, 3.8) is 0 Å². The standard InChI is InChI=1S/C16H15BrF3N/c17-14-8-7-12(16(18,19)20)10-13(14)15(21)9-6-11-4-2-1-3-5-11/h1-5,7-8,10,15H,6,9,21H2. The van der Waals surface area contributed by atoms with Crippen molar-refractivity contribution in [2.45, 2.75) is 25.1 Å². The predicted molar refractivity (Wildman–Crippen MR) is 80.8 cm³/mol. The minimum Gasteiger partial charge on any atom is -0.324 e. The molecule has 2 aromatic rings. The van der Waals surface area contributed by atoms with E-state index in [0.717, 1.165) is 24.1 Å². The third-order valence-electron chi connectivity index (χ3n) is 3.31. The number of aryl methyl sites for hydroxylation is 1. The summed E-state index contributed by atoms with van der Waals surface area (Å²) in [4.78, 5) is 0. The Morgan fingerprint density at radius 1 is 1.05 bits per heavy atom. The monoisotopic (exact) mass is 357 g/mol. The van der Waals surface area contributed by atoms with Gasteiger partial charge in [-0.05, 0) is 42.2 Å². The highest BCUT2D eigenvalue weighted by molar-refractivity contribution is 9.10. The zero-order chi connectivity index (χ0) is 15.5. The summed E-state index contributed by atoms with van der Waals surface area (Å²) in [6, 6.07) is 12.9. The van der Waals surface area contributed by atoms with E-state index in [1.165, 1.54) is 6.07 Å². The van der Waals surface area contributed by atoms with Crippen LogP contribution in [0.5, 0.6) is 0 Å². The largest absolute Gasteiger partial charge is 0.416 e. The second-order valence-electron chi connectivity index (χ2n) is 4.86. The summed E-state index contributed by atoms with van der Waals surface area (Å²) in [5.74, 6) is 0. The van der Waals surface area contributed by atoms with Crippen molar-refractivity contribution in [3.05, 3.63) is 69.7 Å². The molecule has 5 heteroatoms. The Balaban J connectivity index is 2.13. The van der Waals surface area contributed by atoms with Gasteiger partial charge in [-0.25, -0.2) is 0 Å². The van der Waals surface area contributed by atoms with Crippen LogP contribution in [0.4, 0.5) is 13.2 Å². The van der Waals surface area contributed by atoms with Crippen LogP contribution in [0.1, 0.15) is 29.2 Å². The maximum absolute atomic E-state index is 12.8. The fourth-order valence-electron chi connectivity index (χ4n) is 2.13. The van der Waals surface area contributed by atoms with E-state index in [1.807, 2.05) is 30.3 Å². The molecule has 0 bridgehead atoms. The first-order chi connectivity index (χ1) is 9.88. The van der Waals surface area contributed by atoms with Gasteiger partial charge in [-0.2, -0.15) is 13.2 Å². The SMILES string of the molecule is NC(CCc1ccccc1)c1cc(C(F)(F)F)ccc1Br. The molecule has 1 atom stereocenters. The highest BCUT2D eigenvalue weighted by atomic mass is 79.9. The van der Waals surface area contributed by atoms with Crippen LogP contribution in [0.3, 0.4) is 0 Å². The fourth-order valence-corrected chi connectivity index (χ4v) is 2.67. The van der Waals surface area contributed by atoms with Crippen molar-refractivity contribution in [2.24, 2.45) is 5.73 Å². The average molecular weight is 358 g/mol. The van der Waals surface area contributed by atoms with Gasteiger partial charge in [0.15, 0.2) is 0 Å². The van der Waals surface area contributed by atoms with Crippen molar-refractivity contribution < 1.29 is 13.2 Å². The van der Waals surface area contributed by atoms with Gasteiger partial charge in [0.05, 0.1) is 5.56 Å². The molecular formula is C16H15BrF3N. The molecule has 0 saturated carbocycles. The molecule has 0 aliphatic rings. The third-order valence-corrected chi connectivity index (χ3v) is 4.03. The molecule has 0 aliphatic carbocycles. The van der Waals surface area contributed by atoms with Crippen molar-refractivity contribution in [3.8, 4) is 0 Å². The lowest BCUT2D eigenvalue weighted by atomic mass is 9.98. The van der Waals surface area contributed by atoms with E-state index in [-0.39, 0.29) is 0 Å². The molecule has 0 amide bonds. The maximum Gasteiger partial charge on any atom is 0.416 e. The minimum atomic E-state index is -4.35. The molecule has 0 spiro atoms. The van der Waals surface area contributed by atoms with Crippen molar-refractivity contribution >= 4 is 15.9 Å². The lowest BCUT2D eigenvalue weighted by molar-refractivity contribution is -0.137. The van der Waals surface area contributed by atoms with Crippen molar-refractivity contribution in [2.75, 3.05) is 0 Å². The van der Waals surface area contributed by atoms with E-state index in [0.29, 0.717) is 16.5 Å². The van der Waals surface area contributed by atoms with E-state index in [9.17, 15) is 13.2 Å². The van der Waals surface area contributed by atoms with Crippen LogP contribution in [-0.4, -0.2) is 0 Å². The van der Waals surface area contributed by atoms with E-state index in [1.54, 1.807) is 0 Å². The number of benzene rings is 2. The highest BCUT2D eigenvalue weighted by Crippen LogP contribution is 2.34. The number of halogens is 4. The van der Waals surface area contributed by atoms with E-state index < -0.39 is 17.8 Å². The first-order valence-electron chi connectivity index (χ1n) is 6.54. The van der Waals surface area contributed by atoms with E-state index in [2.05, 4.69) is 15.9 Å². The first kappa shape index (κ1) is 16.0. The molecule has 2 N–H and O–H groups in total. The zero-order valence-electron chi connectivity index (χ0n) is 11.2. The van der Waals surface area contributed by atoms with Crippen LogP contribution < -0.4 is 5.73 Å². The molecule has 0 fully saturated rings. The summed E-state index contributed by atoms with van der Waals surface area (Å²) in [7, 11) is 0. The third kappa shape index (κ3) is 4.32. The summed E-state index contributed by atoms with van der Waals surface area (Å²) in [6.45, 7) is 0. The molecule has 1 nitrogen and oxygen atoms in total. The Morgan fingerprint density at radius 2 is 1.71 bits per heavy atom. The molecule has 2 aromatic carbocycles. The Bertz CT molecular complexity index is 596. The van der Waals surface area contributed by atoms with Crippen LogP contribution >= 0.6 is 15.9 Å². The quantitative estimate of drug-likeness (QED) is 0.809. The summed E-state index contributed by atoms with van der Waals surface area (Å²) >= 11 is 3.28. The lowest BCUT2D eigenvalue weighted by Gasteiger charge is -2.16. The molecule has 0 aliphatic heterocycles. The molecule has 21 heavy (non-hydrogen) atoms. The summed E-state index contributed by atoms with van der Waals surface area (Å²) < 4.78 is 38.9. The average Bonchev–Trinajstić information content (AvgIpc) is 2.45. The number of hydrogen-bond donors (Lipinski definition) is 1. The predicted octanol–water partition coefficient (Wildman–Crippen LogP) is 5.10. The van der Waals surface area contributed by atoms with Gasteiger partial charge < -0.3 is 5.73 Å². The van der Waals surface area contributed by atoms with Gasteiger partial charge in [0.2, 0.25) is 0 Å². The van der Waals surface area contributed by atoms with Crippen LogP contribution in [0.25, 0.3) is 0 Å². The maximum atomic E-state index is 12.8. The van der Waals surface area contributed by atoms with Gasteiger partial charge >= 0.3 is 6.18 Å². The van der Waals surface area contributed by atoms with Gasteiger partial charge in [0, 0.05) is 10.5 Å². The van der Waals surface area contributed by atoms with Crippen molar-refractivity contribution in [1.29, 1.82) is 0 Å². The summed E-state index contributed by atoms with van der Waals surface area (Å²) in [6.07, 6.45) is -3.04. The molecule has 0 radical (unpaired) electrons. The second kappa shape index (κ2) is 6.62. The lowest BCUT2D eigenvalue weighted by Crippen LogP contribution is -2.14. The molecule has 1 unspecified atom stereocenters. The molecule has 2 rings (SSSR count). The Morgan fingerprint density at radius 3 is 2.33 bits per heavy atom. The Kier molecular flexibility index (Phi) is 5.06. The fraction of sp³-hybridized carbons (Fsp3) is 0.250. The summed E-state index contributed by atoms with van der Waals surface area (Å²) in [5, 5.41) is 0.